The van der Waals surface area contributed by atoms with Crippen LogP contribution in [0.15, 0.2) is 18.2 Å². The Kier molecular flexibility index (Phi) is 4.52. The molecule has 3 nitrogen and oxygen atoms in total. The number of benzene rings is 1. The summed E-state index contributed by atoms with van der Waals surface area (Å²) in [5.74, 6) is -0.106. The summed E-state index contributed by atoms with van der Waals surface area (Å²) in [5, 5.41) is 3.27. The van der Waals surface area contributed by atoms with Crippen LogP contribution < -0.4 is 5.32 Å². The minimum atomic E-state index is -0.421. The zero-order chi connectivity index (χ0) is 13.9. The second-order valence-corrected chi connectivity index (χ2v) is 5.71. The van der Waals surface area contributed by atoms with E-state index in [0.29, 0.717) is 17.1 Å². The fourth-order valence-corrected chi connectivity index (χ4v) is 1.65. The van der Waals surface area contributed by atoms with Gasteiger partial charge in [0, 0.05) is 17.5 Å². The minimum absolute atomic E-state index is 0.0261. The highest BCUT2D eigenvalue weighted by Gasteiger charge is 2.20. The topological polar surface area (TPSA) is 46.2 Å². The lowest BCUT2D eigenvalue weighted by molar-refractivity contribution is -0.128. The van der Waals surface area contributed by atoms with Gasteiger partial charge in [-0.1, -0.05) is 38.4 Å². The quantitative estimate of drug-likeness (QED) is 0.855. The number of carbonyl (C=O) groups is 2. The van der Waals surface area contributed by atoms with Crippen LogP contribution in [0.5, 0.6) is 0 Å². The van der Waals surface area contributed by atoms with Crippen LogP contribution in [0.2, 0.25) is 5.02 Å². The minimum Gasteiger partial charge on any atom is -0.352 e. The van der Waals surface area contributed by atoms with Crippen molar-refractivity contribution in [3.8, 4) is 0 Å². The van der Waals surface area contributed by atoms with Gasteiger partial charge < -0.3 is 5.32 Å². The maximum Gasteiger partial charge on any atom is 0.225 e. The predicted molar refractivity (Wildman–Crippen MR) is 72.8 cm³/mol. The van der Waals surface area contributed by atoms with Crippen LogP contribution in [0, 0.1) is 5.41 Å². The van der Waals surface area contributed by atoms with Crippen LogP contribution in [0.1, 0.15) is 43.6 Å². The van der Waals surface area contributed by atoms with Gasteiger partial charge in [-0.05, 0) is 24.6 Å². The molecule has 1 N–H and O–H groups in total. The molecule has 0 unspecified atom stereocenters. The molecule has 0 aliphatic rings. The molecule has 1 rings (SSSR count). The van der Waals surface area contributed by atoms with Gasteiger partial charge in [-0.2, -0.15) is 0 Å². The van der Waals surface area contributed by atoms with E-state index in [1.165, 1.54) is 6.92 Å². The van der Waals surface area contributed by atoms with Crippen LogP contribution in [0.4, 0.5) is 0 Å². The average molecular weight is 268 g/mol. The van der Waals surface area contributed by atoms with Crippen molar-refractivity contribution in [2.24, 2.45) is 5.41 Å². The van der Waals surface area contributed by atoms with E-state index < -0.39 is 5.41 Å². The fourth-order valence-electron chi connectivity index (χ4n) is 1.40. The number of nitrogens with one attached hydrogen (secondary N) is 1. The number of ketones is 1. The number of carbonyl (C=O) groups excluding carboxylic acids is 2. The van der Waals surface area contributed by atoms with Crippen LogP contribution in [-0.4, -0.2) is 11.7 Å². The van der Waals surface area contributed by atoms with Crippen LogP contribution in [0.3, 0.4) is 0 Å². The first kappa shape index (κ1) is 14.7. The zero-order valence-electron chi connectivity index (χ0n) is 11.1. The Morgan fingerprint density at radius 1 is 1.28 bits per heavy atom. The van der Waals surface area contributed by atoms with E-state index in [1.807, 2.05) is 20.8 Å². The Labute approximate surface area is 113 Å². The number of halogens is 1. The maximum absolute atomic E-state index is 11.7. The summed E-state index contributed by atoms with van der Waals surface area (Å²) in [7, 11) is 0. The molecule has 0 spiro atoms. The SMILES string of the molecule is CC(=O)c1cc(CNC(=O)C(C)(C)C)ccc1Cl. The van der Waals surface area contributed by atoms with Gasteiger partial charge in [0.05, 0.1) is 5.02 Å². The van der Waals surface area contributed by atoms with Gasteiger partial charge in [-0.25, -0.2) is 0 Å². The van der Waals surface area contributed by atoms with Crippen LogP contribution in [-0.2, 0) is 11.3 Å². The maximum atomic E-state index is 11.7. The Morgan fingerprint density at radius 3 is 2.39 bits per heavy atom. The summed E-state index contributed by atoms with van der Waals surface area (Å²) in [6.45, 7) is 7.42. The van der Waals surface area contributed by atoms with Crippen molar-refractivity contribution in [2.75, 3.05) is 0 Å². The molecule has 0 saturated carbocycles. The molecular formula is C14H18ClNO2. The van der Waals surface area contributed by atoms with Crippen molar-refractivity contribution in [3.05, 3.63) is 34.3 Å². The van der Waals surface area contributed by atoms with Crippen molar-refractivity contribution in [1.29, 1.82) is 0 Å². The van der Waals surface area contributed by atoms with E-state index >= 15 is 0 Å². The van der Waals surface area contributed by atoms with Crippen LogP contribution in [0.25, 0.3) is 0 Å². The Hall–Kier alpha value is -1.35. The zero-order valence-corrected chi connectivity index (χ0v) is 11.9. The molecule has 98 valence electrons. The molecular weight excluding hydrogens is 250 g/mol. The number of Topliss-reactive ketones (excluding diaryl/α,β-unsaturated/α-hetero) is 1. The third-order valence-corrected chi connectivity index (χ3v) is 2.87. The standard InChI is InChI=1S/C14H18ClNO2/c1-9(17)11-7-10(5-6-12(11)15)8-16-13(18)14(2,3)4/h5-7H,8H2,1-4H3,(H,16,18). The molecule has 1 aromatic rings. The molecule has 0 aliphatic heterocycles. The third kappa shape index (κ3) is 3.84. The van der Waals surface area contributed by atoms with Crippen molar-refractivity contribution in [2.45, 2.75) is 34.2 Å². The molecule has 1 amide bonds. The molecule has 0 aromatic heterocycles. The lowest BCUT2D eigenvalue weighted by Crippen LogP contribution is -2.34. The molecule has 0 saturated heterocycles. The van der Waals surface area contributed by atoms with Crippen molar-refractivity contribution in [3.63, 3.8) is 0 Å². The summed E-state index contributed by atoms with van der Waals surface area (Å²) in [4.78, 5) is 23.1. The summed E-state index contributed by atoms with van der Waals surface area (Å²) in [6, 6.07) is 5.20. The summed E-state index contributed by atoms with van der Waals surface area (Å²) in [5.41, 5.74) is 0.928. The normalized spacial score (nSPS) is 11.2. The molecule has 4 heteroatoms. The number of rotatable bonds is 3. The molecule has 0 fully saturated rings. The smallest absolute Gasteiger partial charge is 0.225 e. The van der Waals surface area contributed by atoms with Gasteiger partial charge in [-0.15, -0.1) is 0 Å². The van der Waals surface area contributed by atoms with Crippen molar-refractivity contribution >= 4 is 23.3 Å². The van der Waals surface area contributed by atoms with Gasteiger partial charge in [0.2, 0.25) is 5.91 Å². The number of amides is 1. The first-order valence-corrected chi connectivity index (χ1v) is 6.17. The lowest BCUT2D eigenvalue weighted by atomic mass is 9.95. The highest BCUT2D eigenvalue weighted by Crippen LogP contribution is 2.19. The number of hydrogen-bond donors (Lipinski definition) is 1. The Balaban J connectivity index is 2.78. The van der Waals surface area contributed by atoms with E-state index in [-0.39, 0.29) is 11.7 Å². The van der Waals surface area contributed by atoms with Crippen LogP contribution >= 0.6 is 11.6 Å². The molecule has 0 atom stereocenters. The van der Waals surface area contributed by atoms with E-state index in [2.05, 4.69) is 5.32 Å². The molecule has 0 heterocycles. The monoisotopic (exact) mass is 267 g/mol. The number of hydrogen-bond acceptors (Lipinski definition) is 2. The molecule has 0 radical (unpaired) electrons. The first-order chi connectivity index (χ1) is 8.21. The van der Waals surface area contributed by atoms with Gasteiger partial charge >= 0.3 is 0 Å². The van der Waals surface area contributed by atoms with E-state index in [9.17, 15) is 9.59 Å². The highest BCUT2D eigenvalue weighted by molar-refractivity contribution is 6.33. The van der Waals surface area contributed by atoms with E-state index in [4.69, 9.17) is 11.6 Å². The second-order valence-electron chi connectivity index (χ2n) is 5.30. The van der Waals surface area contributed by atoms with Gasteiger partial charge in [0.15, 0.2) is 5.78 Å². The van der Waals surface area contributed by atoms with E-state index in [0.717, 1.165) is 5.56 Å². The van der Waals surface area contributed by atoms with Gasteiger partial charge in [0.25, 0.3) is 0 Å². The Morgan fingerprint density at radius 2 is 1.89 bits per heavy atom. The molecule has 18 heavy (non-hydrogen) atoms. The predicted octanol–water partition coefficient (Wildman–Crippen LogP) is 3.20. The van der Waals surface area contributed by atoms with Crippen molar-refractivity contribution in [1.82, 2.24) is 5.32 Å². The summed E-state index contributed by atoms with van der Waals surface area (Å²) in [6.07, 6.45) is 0. The largest absolute Gasteiger partial charge is 0.352 e. The molecule has 1 aromatic carbocycles. The molecule has 0 bridgehead atoms. The third-order valence-electron chi connectivity index (χ3n) is 2.54. The second kappa shape index (κ2) is 5.53. The van der Waals surface area contributed by atoms with Crippen molar-refractivity contribution < 1.29 is 9.59 Å². The fraction of sp³-hybridized carbons (Fsp3) is 0.429. The van der Waals surface area contributed by atoms with Gasteiger partial charge in [0.1, 0.15) is 0 Å². The Bertz CT molecular complexity index is 475. The van der Waals surface area contributed by atoms with E-state index in [1.54, 1.807) is 18.2 Å². The average Bonchev–Trinajstić information content (AvgIpc) is 2.25. The highest BCUT2D eigenvalue weighted by atomic mass is 35.5. The summed E-state index contributed by atoms with van der Waals surface area (Å²) >= 11 is 5.92. The first-order valence-electron chi connectivity index (χ1n) is 5.79. The van der Waals surface area contributed by atoms with Gasteiger partial charge in [-0.3, -0.25) is 9.59 Å². The molecule has 0 aliphatic carbocycles. The lowest BCUT2D eigenvalue weighted by Gasteiger charge is -2.17. The summed E-state index contributed by atoms with van der Waals surface area (Å²) < 4.78 is 0.